The normalized spacial score (nSPS) is 24.8. The van der Waals surface area contributed by atoms with Crippen molar-refractivity contribution in [2.24, 2.45) is 5.41 Å². The Hall–Kier alpha value is -0.890. The van der Waals surface area contributed by atoms with Gasteiger partial charge in [0.1, 0.15) is 5.82 Å². The molecular weight excluding hydrogens is 213 g/mol. The van der Waals surface area contributed by atoms with E-state index in [0.717, 1.165) is 5.56 Å². The van der Waals surface area contributed by atoms with E-state index in [1.54, 1.807) is 12.1 Å². The Morgan fingerprint density at radius 2 is 2.18 bits per heavy atom. The molecule has 2 heteroatoms. The molecule has 1 nitrogen and oxygen atoms in total. The van der Waals surface area contributed by atoms with E-state index in [1.165, 1.54) is 25.3 Å². The molecule has 2 rings (SSSR count). The number of halogens is 1. The summed E-state index contributed by atoms with van der Waals surface area (Å²) in [6.07, 6.45) is 3.72. The van der Waals surface area contributed by atoms with Crippen molar-refractivity contribution in [2.75, 3.05) is 0 Å². The van der Waals surface area contributed by atoms with Crippen LogP contribution in [-0.2, 0) is 0 Å². The minimum atomic E-state index is -0.150. The molecule has 0 radical (unpaired) electrons. The fourth-order valence-electron chi connectivity index (χ4n) is 2.80. The SMILES string of the molecule is C[C@H](NC1CCC(C)(C)C1)c1cccc(F)c1. The fourth-order valence-corrected chi connectivity index (χ4v) is 2.80. The first-order chi connectivity index (χ1) is 7.96. The highest BCUT2D eigenvalue weighted by molar-refractivity contribution is 5.19. The molecule has 0 aromatic heterocycles. The van der Waals surface area contributed by atoms with E-state index in [2.05, 4.69) is 26.1 Å². The van der Waals surface area contributed by atoms with Gasteiger partial charge in [0.05, 0.1) is 0 Å². The number of nitrogens with one attached hydrogen (secondary N) is 1. The Morgan fingerprint density at radius 1 is 1.41 bits per heavy atom. The zero-order chi connectivity index (χ0) is 12.5. The Bertz CT molecular complexity index is 386. The maximum absolute atomic E-state index is 13.1. The summed E-state index contributed by atoms with van der Waals surface area (Å²) >= 11 is 0. The van der Waals surface area contributed by atoms with Gasteiger partial charge in [0.25, 0.3) is 0 Å². The summed E-state index contributed by atoms with van der Waals surface area (Å²) in [4.78, 5) is 0. The summed E-state index contributed by atoms with van der Waals surface area (Å²) in [6, 6.07) is 7.68. The van der Waals surface area contributed by atoms with Crippen molar-refractivity contribution in [2.45, 2.75) is 52.1 Å². The second-order valence-electron chi connectivity index (χ2n) is 6.05. The lowest BCUT2D eigenvalue weighted by Crippen LogP contribution is -2.30. The zero-order valence-corrected chi connectivity index (χ0v) is 11.0. The van der Waals surface area contributed by atoms with Gasteiger partial charge in [-0.25, -0.2) is 4.39 Å². The minimum absolute atomic E-state index is 0.150. The summed E-state index contributed by atoms with van der Waals surface area (Å²) in [5.41, 5.74) is 1.49. The highest BCUT2D eigenvalue weighted by atomic mass is 19.1. The molecule has 1 N–H and O–H groups in total. The minimum Gasteiger partial charge on any atom is -0.307 e. The van der Waals surface area contributed by atoms with Crippen molar-refractivity contribution < 1.29 is 4.39 Å². The number of rotatable bonds is 3. The van der Waals surface area contributed by atoms with Gasteiger partial charge in [-0.1, -0.05) is 26.0 Å². The molecule has 1 fully saturated rings. The summed E-state index contributed by atoms with van der Waals surface area (Å²) in [7, 11) is 0. The number of hydrogen-bond acceptors (Lipinski definition) is 1. The topological polar surface area (TPSA) is 12.0 Å². The molecule has 0 saturated heterocycles. The maximum Gasteiger partial charge on any atom is 0.123 e. The van der Waals surface area contributed by atoms with Gasteiger partial charge in [-0.2, -0.15) is 0 Å². The van der Waals surface area contributed by atoms with E-state index in [0.29, 0.717) is 11.5 Å². The molecule has 94 valence electrons. The molecule has 2 atom stereocenters. The van der Waals surface area contributed by atoms with Crippen LogP contribution in [0.15, 0.2) is 24.3 Å². The lowest BCUT2D eigenvalue weighted by molar-refractivity contribution is 0.356. The summed E-state index contributed by atoms with van der Waals surface area (Å²) in [6.45, 7) is 6.75. The van der Waals surface area contributed by atoms with Gasteiger partial charge in [-0.05, 0) is 49.3 Å². The average molecular weight is 235 g/mol. The van der Waals surface area contributed by atoms with Gasteiger partial charge >= 0.3 is 0 Å². The first kappa shape index (κ1) is 12.6. The standard InChI is InChI=1S/C15H22FN/c1-11(12-5-4-6-13(16)9-12)17-14-7-8-15(2,3)10-14/h4-6,9,11,14,17H,7-8,10H2,1-3H3/t11-,14?/m0/s1. The molecule has 1 aliphatic rings. The van der Waals surface area contributed by atoms with E-state index in [4.69, 9.17) is 0 Å². The van der Waals surface area contributed by atoms with Gasteiger partial charge in [-0.3, -0.25) is 0 Å². The van der Waals surface area contributed by atoms with Crippen LogP contribution in [-0.4, -0.2) is 6.04 Å². The molecule has 0 heterocycles. The van der Waals surface area contributed by atoms with Crippen molar-refractivity contribution in [1.82, 2.24) is 5.32 Å². The second kappa shape index (κ2) is 4.77. The van der Waals surface area contributed by atoms with E-state index in [9.17, 15) is 4.39 Å². The lowest BCUT2D eigenvalue weighted by Gasteiger charge is -2.22. The molecule has 1 saturated carbocycles. The van der Waals surface area contributed by atoms with Gasteiger partial charge < -0.3 is 5.32 Å². The first-order valence-corrected chi connectivity index (χ1v) is 6.48. The van der Waals surface area contributed by atoms with Crippen LogP contribution in [0.25, 0.3) is 0 Å². The fraction of sp³-hybridized carbons (Fsp3) is 0.600. The third-order valence-electron chi connectivity index (χ3n) is 3.80. The van der Waals surface area contributed by atoms with Crippen LogP contribution < -0.4 is 5.32 Å². The van der Waals surface area contributed by atoms with E-state index in [-0.39, 0.29) is 11.9 Å². The van der Waals surface area contributed by atoms with Crippen LogP contribution in [0.5, 0.6) is 0 Å². The molecule has 0 spiro atoms. The van der Waals surface area contributed by atoms with Crippen LogP contribution in [0, 0.1) is 11.2 Å². The molecule has 0 aliphatic heterocycles. The molecule has 1 aromatic rings. The molecule has 1 aliphatic carbocycles. The van der Waals surface area contributed by atoms with Crippen molar-refractivity contribution in [1.29, 1.82) is 0 Å². The van der Waals surface area contributed by atoms with Crippen molar-refractivity contribution >= 4 is 0 Å². The van der Waals surface area contributed by atoms with Gasteiger partial charge in [0, 0.05) is 12.1 Å². The smallest absolute Gasteiger partial charge is 0.123 e. The monoisotopic (exact) mass is 235 g/mol. The van der Waals surface area contributed by atoms with Crippen LogP contribution >= 0.6 is 0 Å². The van der Waals surface area contributed by atoms with Crippen molar-refractivity contribution in [3.8, 4) is 0 Å². The van der Waals surface area contributed by atoms with Crippen LogP contribution in [0.3, 0.4) is 0 Å². The van der Waals surface area contributed by atoms with E-state index in [1.807, 2.05) is 6.07 Å². The Labute approximate surface area is 103 Å². The zero-order valence-electron chi connectivity index (χ0n) is 11.0. The molecule has 17 heavy (non-hydrogen) atoms. The molecule has 1 unspecified atom stereocenters. The Kier molecular flexibility index (Phi) is 3.53. The van der Waals surface area contributed by atoms with E-state index < -0.39 is 0 Å². The third-order valence-corrected chi connectivity index (χ3v) is 3.80. The van der Waals surface area contributed by atoms with Crippen molar-refractivity contribution in [3.63, 3.8) is 0 Å². The average Bonchev–Trinajstić information content (AvgIpc) is 2.58. The summed E-state index contributed by atoms with van der Waals surface area (Å²) in [5, 5.41) is 3.61. The predicted octanol–water partition coefficient (Wildman–Crippen LogP) is 4.06. The molecule has 0 bridgehead atoms. The Morgan fingerprint density at radius 3 is 2.76 bits per heavy atom. The van der Waals surface area contributed by atoms with Gasteiger partial charge in [-0.15, -0.1) is 0 Å². The molecular formula is C15H22FN. The lowest BCUT2D eigenvalue weighted by atomic mass is 9.91. The third kappa shape index (κ3) is 3.29. The maximum atomic E-state index is 13.1. The predicted molar refractivity (Wildman–Crippen MR) is 69.4 cm³/mol. The Balaban J connectivity index is 1.96. The highest BCUT2D eigenvalue weighted by Crippen LogP contribution is 2.37. The number of benzene rings is 1. The van der Waals surface area contributed by atoms with Crippen LogP contribution in [0.1, 0.15) is 51.6 Å². The van der Waals surface area contributed by atoms with Crippen LogP contribution in [0.4, 0.5) is 4.39 Å². The van der Waals surface area contributed by atoms with Gasteiger partial charge in [0.2, 0.25) is 0 Å². The van der Waals surface area contributed by atoms with Gasteiger partial charge in [0.15, 0.2) is 0 Å². The highest BCUT2D eigenvalue weighted by Gasteiger charge is 2.31. The first-order valence-electron chi connectivity index (χ1n) is 6.48. The largest absolute Gasteiger partial charge is 0.307 e. The number of hydrogen-bond donors (Lipinski definition) is 1. The summed E-state index contributed by atoms with van der Waals surface area (Å²) in [5.74, 6) is -0.150. The van der Waals surface area contributed by atoms with Crippen molar-refractivity contribution in [3.05, 3.63) is 35.6 Å². The molecule has 1 aromatic carbocycles. The van der Waals surface area contributed by atoms with Crippen LogP contribution in [0.2, 0.25) is 0 Å². The molecule has 0 amide bonds. The second-order valence-corrected chi connectivity index (χ2v) is 6.05. The quantitative estimate of drug-likeness (QED) is 0.833. The van der Waals surface area contributed by atoms with E-state index >= 15 is 0 Å². The summed E-state index contributed by atoms with van der Waals surface area (Å²) < 4.78 is 13.1.